The minimum Gasteiger partial charge on any atom is -0.464 e. The highest BCUT2D eigenvalue weighted by atomic mass is 79.9. The molecular formula is C12H15BrN2O2. The first-order valence-corrected chi connectivity index (χ1v) is 6.18. The highest BCUT2D eigenvalue weighted by Crippen LogP contribution is 2.26. The van der Waals surface area contributed by atoms with Gasteiger partial charge in [0.15, 0.2) is 6.04 Å². The molecule has 0 aromatic heterocycles. The van der Waals surface area contributed by atoms with Crippen LogP contribution in [0.5, 0.6) is 0 Å². The lowest BCUT2D eigenvalue weighted by Crippen LogP contribution is -2.17. The zero-order valence-electron chi connectivity index (χ0n) is 10.1. The van der Waals surface area contributed by atoms with Crippen LogP contribution < -0.4 is 0 Å². The molecule has 1 unspecified atom stereocenters. The van der Waals surface area contributed by atoms with Gasteiger partial charge < -0.3 is 4.74 Å². The van der Waals surface area contributed by atoms with Crippen molar-refractivity contribution in [1.82, 2.24) is 0 Å². The Morgan fingerprint density at radius 2 is 2.24 bits per heavy atom. The van der Waals surface area contributed by atoms with Crippen molar-refractivity contribution >= 4 is 27.6 Å². The van der Waals surface area contributed by atoms with Gasteiger partial charge >= 0.3 is 5.97 Å². The van der Waals surface area contributed by atoms with E-state index in [0.717, 1.165) is 15.7 Å². The molecular weight excluding hydrogens is 284 g/mol. The summed E-state index contributed by atoms with van der Waals surface area (Å²) in [6.07, 6.45) is 0. The van der Waals surface area contributed by atoms with Gasteiger partial charge in [-0.1, -0.05) is 22.0 Å². The molecule has 4 nitrogen and oxygen atoms in total. The van der Waals surface area contributed by atoms with Crippen LogP contribution >= 0.6 is 15.9 Å². The largest absolute Gasteiger partial charge is 0.464 e. The number of halogens is 1. The number of ether oxygens (including phenoxy) is 1. The van der Waals surface area contributed by atoms with Gasteiger partial charge in [-0.2, -0.15) is 10.2 Å². The molecule has 1 atom stereocenters. The number of nitrogens with zero attached hydrogens (tertiary/aromatic N) is 2. The van der Waals surface area contributed by atoms with Gasteiger partial charge in [-0.15, -0.1) is 0 Å². The van der Waals surface area contributed by atoms with Crippen LogP contribution in [0.4, 0.5) is 5.69 Å². The van der Waals surface area contributed by atoms with E-state index >= 15 is 0 Å². The van der Waals surface area contributed by atoms with E-state index in [-0.39, 0.29) is 5.97 Å². The van der Waals surface area contributed by atoms with Gasteiger partial charge in [0.2, 0.25) is 0 Å². The number of hydrogen-bond donors (Lipinski definition) is 0. The molecule has 0 fully saturated rings. The number of benzene rings is 1. The molecule has 92 valence electrons. The molecule has 1 aromatic carbocycles. The lowest BCUT2D eigenvalue weighted by molar-refractivity contribution is -0.144. The Labute approximate surface area is 109 Å². The first-order valence-electron chi connectivity index (χ1n) is 5.38. The average Bonchev–Trinajstić information content (AvgIpc) is 2.31. The monoisotopic (exact) mass is 298 g/mol. The van der Waals surface area contributed by atoms with E-state index < -0.39 is 6.04 Å². The smallest absolute Gasteiger partial charge is 0.332 e. The van der Waals surface area contributed by atoms with Crippen LogP contribution in [-0.2, 0) is 9.53 Å². The number of azo groups is 1. The van der Waals surface area contributed by atoms with Gasteiger partial charge in [-0.3, -0.25) is 0 Å². The van der Waals surface area contributed by atoms with Gasteiger partial charge in [0.25, 0.3) is 0 Å². The van der Waals surface area contributed by atoms with Crippen LogP contribution in [0.25, 0.3) is 0 Å². The zero-order chi connectivity index (χ0) is 12.8. The zero-order valence-corrected chi connectivity index (χ0v) is 11.7. The molecule has 5 heteroatoms. The highest BCUT2D eigenvalue weighted by Gasteiger charge is 2.12. The molecule has 0 bridgehead atoms. The van der Waals surface area contributed by atoms with Crippen molar-refractivity contribution in [3.63, 3.8) is 0 Å². The number of carbonyl (C=O) groups excluding carboxylic acids is 1. The summed E-state index contributed by atoms with van der Waals surface area (Å²) in [4.78, 5) is 11.3. The van der Waals surface area contributed by atoms with Gasteiger partial charge in [-0.05, 0) is 38.5 Å². The maximum absolute atomic E-state index is 11.3. The Balaban J connectivity index is 2.77. The van der Waals surface area contributed by atoms with E-state index in [0.29, 0.717) is 6.61 Å². The molecule has 0 aliphatic carbocycles. The summed E-state index contributed by atoms with van der Waals surface area (Å²) in [5, 5.41) is 8.01. The Morgan fingerprint density at radius 1 is 1.53 bits per heavy atom. The fourth-order valence-corrected chi connectivity index (χ4v) is 1.52. The van der Waals surface area contributed by atoms with Crippen molar-refractivity contribution in [3.05, 3.63) is 28.2 Å². The normalized spacial score (nSPS) is 12.7. The summed E-state index contributed by atoms with van der Waals surface area (Å²) < 4.78 is 5.81. The molecule has 1 rings (SSSR count). The number of carbonyl (C=O) groups is 1. The second-order valence-corrected chi connectivity index (χ2v) is 4.38. The summed E-state index contributed by atoms with van der Waals surface area (Å²) in [5.41, 5.74) is 1.74. The number of esters is 1. The molecule has 0 aliphatic rings. The van der Waals surface area contributed by atoms with Crippen LogP contribution in [0.2, 0.25) is 0 Å². The van der Waals surface area contributed by atoms with Crippen LogP contribution in [0, 0.1) is 6.92 Å². The lowest BCUT2D eigenvalue weighted by atomic mass is 10.2. The maximum atomic E-state index is 11.3. The summed E-state index contributed by atoms with van der Waals surface area (Å²) in [7, 11) is 0. The first kappa shape index (κ1) is 13.8. The molecule has 0 N–H and O–H groups in total. The summed E-state index contributed by atoms with van der Waals surface area (Å²) >= 11 is 3.41. The molecule has 0 spiro atoms. The van der Waals surface area contributed by atoms with E-state index in [9.17, 15) is 4.79 Å². The molecule has 0 amide bonds. The van der Waals surface area contributed by atoms with Crippen molar-refractivity contribution in [3.8, 4) is 0 Å². The fraction of sp³-hybridized carbons (Fsp3) is 0.417. The molecule has 0 radical (unpaired) electrons. The Hall–Kier alpha value is -1.23. The summed E-state index contributed by atoms with van der Waals surface area (Å²) in [6.45, 7) is 5.72. The highest BCUT2D eigenvalue weighted by molar-refractivity contribution is 9.10. The van der Waals surface area contributed by atoms with Crippen molar-refractivity contribution in [2.75, 3.05) is 6.61 Å². The maximum Gasteiger partial charge on any atom is 0.332 e. The predicted molar refractivity (Wildman–Crippen MR) is 69.5 cm³/mol. The van der Waals surface area contributed by atoms with Gasteiger partial charge in [0, 0.05) is 4.47 Å². The van der Waals surface area contributed by atoms with Crippen molar-refractivity contribution in [1.29, 1.82) is 0 Å². The van der Waals surface area contributed by atoms with E-state index in [4.69, 9.17) is 4.74 Å². The lowest BCUT2D eigenvalue weighted by Gasteiger charge is -2.05. The van der Waals surface area contributed by atoms with E-state index in [1.807, 2.05) is 25.1 Å². The minimum absolute atomic E-state index is 0.356. The third kappa shape index (κ3) is 3.93. The summed E-state index contributed by atoms with van der Waals surface area (Å²) in [5.74, 6) is -0.358. The standard InChI is InChI=1S/C12H15BrN2O2/c1-4-17-12(16)9(3)14-15-11-7-5-6-10(13)8(11)2/h5-7,9H,4H2,1-3H3. The molecule has 0 saturated heterocycles. The third-order valence-corrected chi connectivity index (χ3v) is 3.06. The van der Waals surface area contributed by atoms with E-state index in [2.05, 4.69) is 26.2 Å². The van der Waals surface area contributed by atoms with E-state index in [1.54, 1.807) is 13.8 Å². The average molecular weight is 299 g/mol. The quantitative estimate of drug-likeness (QED) is 0.627. The predicted octanol–water partition coefficient (Wildman–Crippen LogP) is 3.79. The third-order valence-electron chi connectivity index (χ3n) is 2.21. The van der Waals surface area contributed by atoms with Crippen LogP contribution in [0.1, 0.15) is 19.4 Å². The Bertz CT molecular complexity index is 433. The van der Waals surface area contributed by atoms with Crippen LogP contribution in [0.15, 0.2) is 32.9 Å². The van der Waals surface area contributed by atoms with Gasteiger partial charge in [0.05, 0.1) is 12.3 Å². The SMILES string of the molecule is CCOC(=O)C(C)N=Nc1cccc(Br)c1C. The fourth-order valence-electron chi connectivity index (χ4n) is 1.16. The number of hydrogen-bond acceptors (Lipinski definition) is 4. The first-order chi connectivity index (χ1) is 8.06. The second kappa shape index (κ2) is 6.49. The van der Waals surface area contributed by atoms with Gasteiger partial charge in [-0.25, -0.2) is 4.79 Å². The van der Waals surface area contributed by atoms with Crippen LogP contribution in [0.3, 0.4) is 0 Å². The topological polar surface area (TPSA) is 51.0 Å². The molecule has 17 heavy (non-hydrogen) atoms. The Morgan fingerprint density at radius 3 is 2.88 bits per heavy atom. The van der Waals surface area contributed by atoms with Crippen molar-refractivity contribution in [2.24, 2.45) is 10.2 Å². The second-order valence-electron chi connectivity index (χ2n) is 3.53. The number of rotatable bonds is 4. The van der Waals surface area contributed by atoms with Gasteiger partial charge in [0.1, 0.15) is 0 Å². The molecule has 0 saturated carbocycles. The van der Waals surface area contributed by atoms with E-state index in [1.165, 1.54) is 0 Å². The van der Waals surface area contributed by atoms with Crippen LogP contribution in [-0.4, -0.2) is 18.6 Å². The molecule has 1 aromatic rings. The van der Waals surface area contributed by atoms with Crippen molar-refractivity contribution < 1.29 is 9.53 Å². The Kier molecular flexibility index (Phi) is 5.28. The van der Waals surface area contributed by atoms with Crippen molar-refractivity contribution in [2.45, 2.75) is 26.8 Å². The minimum atomic E-state index is -0.576. The molecule has 0 aliphatic heterocycles. The molecule has 0 heterocycles. The summed E-state index contributed by atoms with van der Waals surface area (Å²) in [6, 6.07) is 5.08.